The lowest BCUT2D eigenvalue weighted by atomic mass is 9.95. The zero-order valence-electron chi connectivity index (χ0n) is 20.2. The van der Waals surface area contributed by atoms with E-state index >= 15 is 0 Å². The van der Waals surface area contributed by atoms with Gasteiger partial charge in [0.25, 0.3) is 5.56 Å². The van der Waals surface area contributed by atoms with E-state index in [1.54, 1.807) is 52.3 Å². The highest BCUT2D eigenvalue weighted by molar-refractivity contribution is 7.07. The van der Waals surface area contributed by atoms with Crippen LogP contribution in [0.25, 0.3) is 6.08 Å². The first-order chi connectivity index (χ1) is 16.9. The lowest BCUT2D eigenvalue weighted by Gasteiger charge is -2.25. The molecule has 2 aromatic carbocycles. The van der Waals surface area contributed by atoms with Gasteiger partial charge in [-0.3, -0.25) is 9.36 Å². The average molecular weight is 495 g/mol. The highest BCUT2D eigenvalue weighted by atomic mass is 32.1. The number of ether oxygens (including phenoxy) is 4. The fraction of sp³-hybridized carbons (Fsp3) is 0.269. The van der Waals surface area contributed by atoms with Crippen molar-refractivity contribution in [1.29, 1.82) is 0 Å². The zero-order chi connectivity index (χ0) is 25.1. The van der Waals surface area contributed by atoms with Gasteiger partial charge in [-0.25, -0.2) is 9.79 Å². The second-order valence-corrected chi connectivity index (χ2v) is 8.67. The first-order valence-electron chi connectivity index (χ1n) is 11.0. The highest BCUT2D eigenvalue weighted by Gasteiger charge is 2.34. The Morgan fingerprint density at radius 2 is 1.77 bits per heavy atom. The van der Waals surface area contributed by atoms with Gasteiger partial charge in [-0.2, -0.15) is 0 Å². The Bertz CT molecular complexity index is 1480. The molecule has 0 amide bonds. The Hall–Kier alpha value is -3.85. The first-order valence-corrected chi connectivity index (χ1v) is 11.8. The zero-order valence-corrected chi connectivity index (χ0v) is 21.0. The van der Waals surface area contributed by atoms with E-state index in [2.05, 4.69) is 4.99 Å². The number of hydrogen-bond donors (Lipinski definition) is 0. The molecule has 182 valence electrons. The van der Waals surface area contributed by atoms with Crippen LogP contribution in [0.2, 0.25) is 0 Å². The van der Waals surface area contributed by atoms with Crippen LogP contribution in [0, 0.1) is 0 Å². The third-order valence-corrected chi connectivity index (χ3v) is 6.65. The minimum Gasteiger partial charge on any atom is -0.496 e. The Morgan fingerprint density at radius 1 is 1.06 bits per heavy atom. The van der Waals surface area contributed by atoms with Gasteiger partial charge in [0.1, 0.15) is 5.75 Å². The molecule has 3 aromatic rings. The van der Waals surface area contributed by atoms with Crippen molar-refractivity contribution in [2.75, 3.05) is 27.9 Å². The maximum Gasteiger partial charge on any atom is 0.338 e. The summed E-state index contributed by atoms with van der Waals surface area (Å²) in [5.41, 5.74) is 1.96. The van der Waals surface area contributed by atoms with Gasteiger partial charge in [-0.1, -0.05) is 35.6 Å². The van der Waals surface area contributed by atoms with Crippen LogP contribution < -0.4 is 29.1 Å². The highest BCUT2D eigenvalue weighted by Crippen LogP contribution is 2.36. The van der Waals surface area contributed by atoms with Gasteiger partial charge in [0, 0.05) is 5.56 Å². The summed E-state index contributed by atoms with van der Waals surface area (Å²) >= 11 is 1.25. The Balaban J connectivity index is 1.98. The Kier molecular flexibility index (Phi) is 7.07. The van der Waals surface area contributed by atoms with Crippen LogP contribution in [0.15, 0.2) is 63.5 Å². The van der Waals surface area contributed by atoms with Gasteiger partial charge < -0.3 is 18.9 Å². The molecular formula is C26H26N2O6S. The summed E-state index contributed by atoms with van der Waals surface area (Å²) < 4.78 is 23.6. The van der Waals surface area contributed by atoms with Gasteiger partial charge in [-0.05, 0) is 43.7 Å². The summed E-state index contributed by atoms with van der Waals surface area (Å²) in [7, 11) is 4.67. The number of fused-ring (bicyclic) bond motifs is 1. The second kappa shape index (κ2) is 10.2. The number of methoxy groups -OCH3 is 3. The Morgan fingerprint density at radius 3 is 2.46 bits per heavy atom. The van der Waals surface area contributed by atoms with Crippen molar-refractivity contribution in [3.05, 3.63) is 84.5 Å². The smallest absolute Gasteiger partial charge is 0.338 e. The number of allylic oxidation sites excluding steroid dienone is 1. The van der Waals surface area contributed by atoms with Crippen LogP contribution in [0.5, 0.6) is 17.2 Å². The number of nitrogens with zero attached hydrogens (tertiary/aromatic N) is 2. The first kappa shape index (κ1) is 24.3. The van der Waals surface area contributed by atoms with Crippen molar-refractivity contribution in [2.24, 2.45) is 4.99 Å². The van der Waals surface area contributed by atoms with Crippen LogP contribution in [-0.4, -0.2) is 38.5 Å². The minimum atomic E-state index is -0.745. The third-order valence-electron chi connectivity index (χ3n) is 5.67. The van der Waals surface area contributed by atoms with Crippen LogP contribution in [-0.2, 0) is 9.53 Å². The summed E-state index contributed by atoms with van der Waals surface area (Å²) in [6.45, 7) is 3.69. The van der Waals surface area contributed by atoms with E-state index in [0.717, 1.165) is 5.56 Å². The lowest BCUT2D eigenvalue weighted by Crippen LogP contribution is -2.40. The number of rotatable bonds is 7. The van der Waals surface area contributed by atoms with Gasteiger partial charge in [0.05, 0.1) is 49.8 Å². The monoisotopic (exact) mass is 494 g/mol. The van der Waals surface area contributed by atoms with E-state index in [1.807, 2.05) is 24.3 Å². The van der Waals surface area contributed by atoms with Gasteiger partial charge in [-0.15, -0.1) is 0 Å². The molecule has 0 N–H and O–H groups in total. The fourth-order valence-electron chi connectivity index (χ4n) is 4.06. The molecule has 4 rings (SSSR count). The number of carbonyl (C=O) groups is 1. The van der Waals surface area contributed by atoms with Gasteiger partial charge in [0.15, 0.2) is 16.3 Å². The lowest BCUT2D eigenvalue weighted by molar-refractivity contribution is -0.139. The number of para-hydroxylation sites is 1. The molecule has 1 aliphatic heterocycles. The molecule has 1 aromatic heterocycles. The number of benzene rings is 2. The summed E-state index contributed by atoms with van der Waals surface area (Å²) in [6.07, 6.45) is 1.78. The van der Waals surface area contributed by atoms with E-state index in [4.69, 9.17) is 18.9 Å². The molecule has 1 aliphatic rings. The predicted molar refractivity (Wildman–Crippen MR) is 133 cm³/mol. The molecular weight excluding hydrogens is 468 g/mol. The van der Waals surface area contributed by atoms with Crippen molar-refractivity contribution in [1.82, 2.24) is 4.57 Å². The van der Waals surface area contributed by atoms with E-state index in [9.17, 15) is 9.59 Å². The van der Waals surface area contributed by atoms with Crippen molar-refractivity contribution >= 4 is 23.4 Å². The fourth-order valence-corrected chi connectivity index (χ4v) is 5.09. The molecule has 0 aliphatic carbocycles. The molecule has 1 atom stereocenters. The molecule has 35 heavy (non-hydrogen) atoms. The quantitative estimate of drug-likeness (QED) is 0.470. The largest absolute Gasteiger partial charge is 0.496 e. The number of aromatic nitrogens is 1. The molecule has 2 heterocycles. The molecule has 9 heteroatoms. The third kappa shape index (κ3) is 4.46. The molecule has 0 fully saturated rings. The molecule has 0 bridgehead atoms. The summed E-state index contributed by atoms with van der Waals surface area (Å²) in [4.78, 5) is 31.9. The van der Waals surface area contributed by atoms with Gasteiger partial charge >= 0.3 is 5.97 Å². The van der Waals surface area contributed by atoms with Crippen molar-refractivity contribution < 1.29 is 23.7 Å². The van der Waals surface area contributed by atoms with Crippen molar-refractivity contribution in [2.45, 2.75) is 19.9 Å². The maximum absolute atomic E-state index is 13.7. The molecule has 0 spiro atoms. The van der Waals surface area contributed by atoms with E-state index in [-0.39, 0.29) is 12.2 Å². The number of esters is 1. The van der Waals surface area contributed by atoms with E-state index in [0.29, 0.717) is 43.4 Å². The van der Waals surface area contributed by atoms with Crippen molar-refractivity contribution in [3.8, 4) is 17.2 Å². The summed E-state index contributed by atoms with van der Waals surface area (Å²) in [5, 5.41) is 0. The molecule has 0 saturated carbocycles. The van der Waals surface area contributed by atoms with Crippen LogP contribution >= 0.6 is 11.3 Å². The van der Waals surface area contributed by atoms with Crippen LogP contribution in [0.4, 0.5) is 0 Å². The molecule has 0 radical (unpaired) electrons. The molecule has 0 saturated heterocycles. The Labute approximate surface area is 206 Å². The SMILES string of the molecule is CCOC(=O)C1=C(C)N=c2s/c(=C\c3ccccc3OC)c(=O)n2[C@H]1c1ccc(OC)c(OC)c1. The summed E-state index contributed by atoms with van der Waals surface area (Å²) in [6, 6.07) is 12.0. The van der Waals surface area contributed by atoms with Crippen LogP contribution in [0.1, 0.15) is 31.0 Å². The summed E-state index contributed by atoms with van der Waals surface area (Å²) in [5.74, 6) is 1.16. The van der Waals surface area contributed by atoms with E-state index < -0.39 is 12.0 Å². The number of hydrogen-bond acceptors (Lipinski definition) is 8. The van der Waals surface area contributed by atoms with Crippen LogP contribution in [0.3, 0.4) is 0 Å². The normalized spacial score (nSPS) is 15.3. The standard InChI is InChI=1S/C26H26N2O6S/c1-6-34-25(30)22-15(2)27-26-28(23(22)17-11-12-19(32-4)20(13-17)33-5)24(29)21(35-26)14-16-9-7-8-10-18(16)31-3/h7-14,23H,6H2,1-5H3/b21-14-/t23-/m0/s1. The maximum atomic E-state index is 13.7. The van der Waals surface area contributed by atoms with E-state index in [1.165, 1.54) is 23.0 Å². The number of carbonyl (C=O) groups excluding carboxylic acids is 1. The molecule has 8 nitrogen and oxygen atoms in total. The topological polar surface area (TPSA) is 88.4 Å². The number of thiazole rings is 1. The second-order valence-electron chi connectivity index (χ2n) is 7.66. The predicted octanol–water partition coefficient (Wildman–Crippen LogP) is 2.82. The van der Waals surface area contributed by atoms with Gasteiger partial charge in [0.2, 0.25) is 0 Å². The molecule has 0 unspecified atom stereocenters. The average Bonchev–Trinajstić information content (AvgIpc) is 3.17. The van der Waals surface area contributed by atoms with Crippen molar-refractivity contribution in [3.63, 3.8) is 0 Å². The minimum absolute atomic E-state index is 0.201.